The van der Waals surface area contributed by atoms with E-state index in [1.54, 1.807) is 13.1 Å². The van der Waals surface area contributed by atoms with E-state index < -0.39 is 10.0 Å². The van der Waals surface area contributed by atoms with Crippen molar-refractivity contribution in [3.63, 3.8) is 0 Å². The number of sulfonamides is 1. The van der Waals surface area contributed by atoms with Crippen molar-refractivity contribution in [2.24, 2.45) is 5.92 Å². The van der Waals surface area contributed by atoms with Crippen molar-refractivity contribution in [2.75, 3.05) is 26.8 Å². The molecule has 0 bridgehead atoms. The van der Waals surface area contributed by atoms with E-state index >= 15 is 0 Å². The van der Waals surface area contributed by atoms with Crippen LogP contribution in [0, 0.1) is 5.92 Å². The van der Waals surface area contributed by atoms with E-state index in [1.165, 1.54) is 23.2 Å². The average molecular weight is 305 g/mol. The van der Waals surface area contributed by atoms with Gasteiger partial charge in [-0.2, -0.15) is 4.31 Å². The van der Waals surface area contributed by atoms with Gasteiger partial charge in [-0.3, -0.25) is 0 Å². The van der Waals surface area contributed by atoms with Gasteiger partial charge < -0.3 is 9.84 Å². The van der Waals surface area contributed by atoms with Crippen LogP contribution in [0.1, 0.15) is 17.7 Å². The van der Waals surface area contributed by atoms with Gasteiger partial charge in [0.1, 0.15) is 4.21 Å². The predicted octanol–water partition coefficient (Wildman–Crippen LogP) is 1.29. The van der Waals surface area contributed by atoms with Crippen molar-refractivity contribution in [3.8, 4) is 0 Å². The molecule has 108 valence electrons. The van der Waals surface area contributed by atoms with Crippen LogP contribution >= 0.6 is 11.3 Å². The van der Waals surface area contributed by atoms with Gasteiger partial charge in [-0.15, -0.1) is 11.3 Å². The number of thiophene rings is 1. The molecule has 5 nitrogen and oxygen atoms in total. The molecule has 1 saturated carbocycles. The second kappa shape index (κ2) is 6.32. The Morgan fingerprint density at radius 3 is 2.79 bits per heavy atom. The minimum absolute atomic E-state index is 0.131. The minimum atomic E-state index is -3.45. The second-order valence-corrected chi connectivity index (χ2v) is 8.16. The molecule has 0 spiro atoms. The van der Waals surface area contributed by atoms with Crippen LogP contribution in [-0.2, 0) is 21.4 Å². The summed E-state index contributed by atoms with van der Waals surface area (Å²) in [6.07, 6.45) is 2.46. The largest absolute Gasteiger partial charge is 0.391 e. The highest BCUT2D eigenvalue weighted by atomic mass is 32.2. The molecule has 7 heteroatoms. The third-order valence-electron chi connectivity index (χ3n) is 3.06. The molecule has 1 N–H and O–H groups in total. The zero-order valence-electron chi connectivity index (χ0n) is 10.9. The zero-order valence-corrected chi connectivity index (χ0v) is 12.5. The molecule has 1 heterocycles. The van der Waals surface area contributed by atoms with E-state index in [4.69, 9.17) is 9.84 Å². The molecule has 0 radical (unpaired) electrons. The van der Waals surface area contributed by atoms with Gasteiger partial charge in [0, 0.05) is 25.1 Å². The molecule has 0 amide bonds. The van der Waals surface area contributed by atoms with Crippen LogP contribution in [0.3, 0.4) is 0 Å². The van der Waals surface area contributed by atoms with Crippen LogP contribution in [0.25, 0.3) is 0 Å². The molecular weight excluding hydrogens is 286 g/mol. The van der Waals surface area contributed by atoms with Gasteiger partial charge in [0.05, 0.1) is 13.2 Å². The fraction of sp³-hybridized carbons (Fsp3) is 0.667. The number of rotatable bonds is 8. The Morgan fingerprint density at radius 2 is 2.21 bits per heavy atom. The van der Waals surface area contributed by atoms with Gasteiger partial charge in [-0.1, -0.05) is 0 Å². The van der Waals surface area contributed by atoms with Crippen molar-refractivity contribution in [2.45, 2.75) is 23.7 Å². The summed E-state index contributed by atoms with van der Waals surface area (Å²) in [6, 6.07) is 3.17. The van der Waals surface area contributed by atoms with Gasteiger partial charge in [-0.25, -0.2) is 8.42 Å². The fourth-order valence-corrected chi connectivity index (χ4v) is 4.16. The summed E-state index contributed by atoms with van der Waals surface area (Å²) in [4.78, 5) is 0.650. The SMILES string of the molecule is CN(CCOCC1CC1)S(=O)(=O)c1ccc(CO)s1. The highest BCUT2D eigenvalue weighted by Gasteiger charge is 2.24. The molecule has 1 fully saturated rings. The lowest BCUT2D eigenvalue weighted by molar-refractivity contribution is 0.117. The Kier molecular flexibility index (Phi) is 4.97. The zero-order chi connectivity index (χ0) is 13.9. The van der Waals surface area contributed by atoms with Crippen molar-refractivity contribution in [1.29, 1.82) is 0 Å². The number of hydrogen-bond acceptors (Lipinski definition) is 5. The molecule has 1 aromatic heterocycles. The highest BCUT2D eigenvalue weighted by molar-refractivity contribution is 7.91. The first kappa shape index (κ1) is 14.9. The molecule has 1 aliphatic carbocycles. The quantitative estimate of drug-likeness (QED) is 0.735. The maximum atomic E-state index is 12.2. The molecule has 0 unspecified atom stereocenters. The summed E-state index contributed by atoms with van der Waals surface area (Å²) < 4.78 is 31.4. The number of aliphatic hydroxyl groups excluding tert-OH is 1. The Hall–Kier alpha value is -0.470. The average Bonchev–Trinajstić information content (AvgIpc) is 3.07. The molecule has 1 aliphatic rings. The number of hydrogen-bond donors (Lipinski definition) is 1. The number of nitrogens with zero attached hydrogens (tertiary/aromatic N) is 1. The Morgan fingerprint density at radius 1 is 1.47 bits per heavy atom. The summed E-state index contributed by atoms with van der Waals surface area (Å²) in [6.45, 7) is 1.38. The summed E-state index contributed by atoms with van der Waals surface area (Å²) in [7, 11) is -1.90. The minimum Gasteiger partial charge on any atom is -0.391 e. The molecule has 19 heavy (non-hydrogen) atoms. The van der Waals surface area contributed by atoms with Crippen LogP contribution in [0.4, 0.5) is 0 Å². The van der Waals surface area contributed by atoms with Crippen LogP contribution in [0.2, 0.25) is 0 Å². The smallest absolute Gasteiger partial charge is 0.252 e. The van der Waals surface area contributed by atoms with Crippen LogP contribution in [0.5, 0.6) is 0 Å². The maximum absolute atomic E-state index is 12.2. The predicted molar refractivity (Wildman–Crippen MR) is 73.6 cm³/mol. The molecule has 1 aromatic rings. The van der Waals surface area contributed by atoms with E-state index in [0.29, 0.717) is 23.9 Å². The first-order valence-electron chi connectivity index (χ1n) is 6.27. The van der Waals surface area contributed by atoms with Crippen LogP contribution in [0.15, 0.2) is 16.3 Å². The van der Waals surface area contributed by atoms with E-state index in [1.807, 2.05) is 0 Å². The topological polar surface area (TPSA) is 66.8 Å². The first-order valence-corrected chi connectivity index (χ1v) is 8.53. The standard InChI is InChI=1S/C12H19NO4S2/c1-13(6-7-17-9-10-2-3-10)19(15,16)12-5-4-11(8-14)18-12/h4-5,10,14H,2-3,6-9H2,1H3. The Labute approximate surface area is 117 Å². The van der Waals surface area contributed by atoms with E-state index in [0.717, 1.165) is 17.9 Å². The normalized spacial score (nSPS) is 16.2. The Bertz CT molecular complexity index is 508. The number of likely N-dealkylation sites (N-methyl/N-ethyl adjacent to an activating group) is 1. The molecule has 0 aromatic carbocycles. The first-order chi connectivity index (χ1) is 9.04. The van der Waals surface area contributed by atoms with Gasteiger partial charge in [0.15, 0.2) is 0 Å². The van der Waals surface area contributed by atoms with Crippen molar-refractivity contribution < 1.29 is 18.3 Å². The summed E-state index contributed by atoms with van der Waals surface area (Å²) in [5.74, 6) is 0.686. The van der Waals surface area contributed by atoms with Crippen molar-refractivity contribution in [1.82, 2.24) is 4.31 Å². The van der Waals surface area contributed by atoms with Crippen LogP contribution < -0.4 is 0 Å². The molecule has 0 saturated heterocycles. The summed E-state index contributed by atoms with van der Waals surface area (Å²) in [5, 5.41) is 8.97. The van der Waals surface area contributed by atoms with Gasteiger partial charge in [-0.05, 0) is 30.9 Å². The van der Waals surface area contributed by atoms with E-state index in [9.17, 15) is 8.42 Å². The van der Waals surface area contributed by atoms with Crippen molar-refractivity contribution >= 4 is 21.4 Å². The van der Waals surface area contributed by atoms with E-state index in [-0.39, 0.29) is 10.8 Å². The number of aliphatic hydroxyl groups is 1. The molecule has 0 aliphatic heterocycles. The fourth-order valence-electron chi connectivity index (χ4n) is 1.58. The third-order valence-corrected chi connectivity index (χ3v) is 6.45. The van der Waals surface area contributed by atoms with Gasteiger partial charge in [0.25, 0.3) is 10.0 Å². The molecule has 2 rings (SSSR count). The van der Waals surface area contributed by atoms with Gasteiger partial charge >= 0.3 is 0 Å². The maximum Gasteiger partial charge on any atom is 0.252 e. The molecule has 0 atom stereocenters. The van der Waals surface area contributed by atoms with Crippen LogP contribution in [-0.4, -0.2) is 44.6 Å². The third kappa shape index (κ3) is 4.00. The van der Waals surface area contributed by atoms with Gasteiger partial charge in [0.2, 0.25) is 0 Å². The summed E-state index contributed by atoms with van der Waals surface area (Å²) >= 11 is 1.10. The highest BCUT2D eigenvalue weighted by Crippen LogP contribution is 2.28. The lowest BCUT2D eigenvalue weighted by Gasteiger charge is -2.15. The van der Waals surface area contributed by atoms with Crippen molar-refractivity contribution in [3.05, 3.63) is 17.0 Å². The lowest BCUT2D eigenvalue weighted by Crippen LogP contribution is -2.30. The van der Waals surface area contributed by atoms with E-state index in [2.05, 4.69) is 0 Å². The Balaban J connectivity index is 1.86. The molecular formula is C12H19NO4S2. The second-order valence-electron chi connectivity index (χ2n) is 4.72. The lowest BCUT2D eigenvalue weighted by atomic mass is 10.5. The summed E-state index contributed by atoms with van der Waals surface area (Å²) in [5.41, 5.74) is 0. The number of ether oxygens (including phenoxy) is 1. The monoisotopic (exact) mass is 305 g/mol.